The molecular formula is C30H32ClN3O3. The van der Waals surface area contributed by atoms with Crippen LogP contribution in [0.25, 0.3) is 10.9 Å². The summed E-state index contributed by atoms with van der Waals surface area (Å²) in [4.78, 5) is 40.8. The van der Waals surface area contributed by atoms with Gasteiger partial charge in [-0.05, 0) is 92.1 Å². The molecule has 0 spiro atoms. The molecule has 0 aliphatic rings. The third kappa shape index (κ3) is 6.57. The summed E-state index contributed by atoms with van der Waals surface area (Å²) in [6.45, 7) is 7.00. The molecule has 4 aromatic rings. The average Bonchev–Trinajstić information content (AvgIpc) is 2.84. The Labute approximate surface area is 221 Å². The molecule has 192 valence electrons. The molecule has 0 saturated heterocycles. The monoisotopic (exact) mass is 517 g/mol. The second-order valence-corrected chi connectivity index (χ2v) is 10.1. The number of nitrogens with one attached hydrogen (secondary N) is 2. The van der Waals surface area contributed by atoms with E-state index in [1.54, 1.807) is 6.07 Å². The second kappa shape index (κ2) is 11.6. The van der Waals surface area contributed by atoms with Crippen LogP contribution in [-0.2, 0) is 24.2 Å². The third-order valence-corrected chi connectivity index (χ3v) is 6.95. The van der Waals surface area contributed by atoms with Crippen molar-refractivity contribution in [2.45, 2.75) is 53.0 Å². The van der Waals surface area contributed by atoms with Crippen molar-refractivity contribution in [3.63, 3.8) is 0 Å². The van der Waals surface area contributed by atoms with Gasteiger partial charge >= 0.3 is 5.69 Å². The van der Waals surface area contributed by atoms with Crippen LogP contribution in [0.4, 0.5) is 0 Å². The molecule has 0 aliphatic heterocycles. The van der Waals surface area contributed by atoms with Crippen molar-refractivity contribution >= 4 is 28.4 Å². The largest absolute Gasteiger partial charge is 0.356 e. The predicted octanol–water partition coefficient (Wildman–Crippen LogP) is 5.00. The summed E-state index contributed by atoms with van der Waals surface area (Å²) < 4.78 is 1.18. The molecule has 4 rings (SSSR count). The molecule has 2 N–H and O–H groups in total. The number of rotatable bonds is 9. The zero-order valence-corrected chi connectivity index (χ0v) is 22.2. The molecule has 7 heteroatoms. The molecule has 0 saturated carbocycles. The summed E-state index contributed by atoms with van der Waals surface area (Å²) in [5, 5.41) is 4.03. The summed E-state index contributed by atoms with van der Waals surface area (Å²) >= 11 is 5.89. The highest BCUT2D eigenvalue weighted by Crippen LogP contribution is 2.21. The van der Waals surface area contributed by atoms with Crippen molar-refractivity contribution in [3.8, 4) is 0 Å². The van der Waals surface area contributed by atoms with E-state index in [-0.39, 0.29) is 24.4 Å². The molecule has 37 heavy (non-hydrogen) atoms. The fourth-order valence-electron chi connectivity index (χ4n) is 4.79. The van der Waals surface area contributed by atoms with Crippen LogP contribution in [0.1, 0.15) is 46.2 Å². The number of nitrogens with zero attached hydrogens (tertiary/aromatic N) is 1. The number of hydrogen-bond donors (Lipinski definition) is 2. The first kappa shape index (κ1) is 26.4. The second-order valence-electron chi connectivity index (χ2n) is 9.65. The summed E-state index contributed by atoms with van der Waals surface area (Å²) in [7, 11) is 0. The van der Waals surface area contributed by atoms with E-state index >= 15 is 0 Å². The van der Waals surface area contributed by atoms with Gasteiger partial charge in [0.1, 0.15) is 0 Å². The molecule has 0 bridgehead atoms. The minimum absolute atomic E-state index is 0.106. The van der Waals surface area contributed by atoms with Gasteiger partial charge in [-0.25, -0.2) is 4.79 Å². The van der Waals surface area contributed by atoms with E-state index in [9.17, 15) is 14.4 Å². The molecule has 0 unspecified atom stereocenters. The van der Waals surface area contributed by atoms with Crippen LogP contribution in [0.15, 0.2) is 64.2 Å². The van der Waals surface area contributed by atoms with Crippen LogP contribution < -0.4 is 16.6 Å². The first-order valence-electron chi connectivity index (χ1n) is 12.5. The van der Waals surface area contributed by atoms with Gasteiger partial charge in [-0.1, -0.05) is 47.5 Å². The van der Waals surface area contributed by atoms with Crippen LogP contribution in [0, 0.1) is 20.8 Å². The Bertz CT molecular complexity index is 1530. The number of aromatic nitrogens is 2. The van der Waals surface area contributed by atoms with E-state index in [4.69, 9.17) is 11.6 Å². The van der Waals surface area contributed by atoms with Gasteiger partial charge in [0.15, 0.2) is 0 Å². The van der Waals surface area contributed by atoms with Crippen LogP contribution in [0.5, 0.6) is 0 Å². The van der Waals surface area contributed by atoms with E-state index in [0.29, 0.717) is 35.3 Å². The third-order valence-electron chi connectivity index (χ3n) is 6.70. The Morgan fingerprint density at radius 3 is 2.32 bits per heavy atom. The van der Waals surface area contributed by atoms with Gasteiger partial charge in [0, 0.05) is 24.5 Å². The lowest BCUT2D eigenvalue weighted by atomic mass is 9.94. The average molecular weight is 518 g/mol. The molecular weight excluding hydrogens is 486 g/mol. The molecule has 0 atom stereocenters. The Morgan fingerprint density at radius 1 is 0.946 bits per heavy atom. The van der Waals surface area contributed by atoms with Crippen molar-refractivity contribution in [2.75, 3.05) is 6.54 Å². The molecule has 1 heterocycles. The van der Waals surface area contributed by atoms with E-state index in [2.05, 4.69) is 43.2 Å². The number of fused-ring (bicyclic) bond motifs is 1. The summed E-state index contributed by atoms with van der Waals surface area (Å²) in [6.07, 6.45) is 2.06. The van der Waals surface area contributed by atoms with Crippen LogP contribution in [0.3, 0.4) is 0 Å². The number of hydrogen-bond acceptors (Lipinski definition) is 3. The highest BCUT2D eigenvalue weighted by atomic mass is 35.5. The highest BCUT2D eigenvalue weighted by Gasteiger charge is 2.11. The topological polar surface area (TPSA) is 84.0 Å². The lowest BCUT2D eigenvalue weighted by molar-refractivity contribution is -0.121. The fourth-order valence-corrected chi connectivity index (χ4v) is 4.92. The molecule has 0 fully saturated rings. The quantitative estimate of drug-likeness (QED) is 0.328. The number of aryl methyl sites for hydroxylation is 3. The van der Waals surface area contributed by atoms with E-state index in [1.165, 1.54) is 26.8 Å². The Kier molecular flexibility index (Phi) is 8.29. The Morgan fingerprint density at radius 2 is 1.62 bits per heavy atom. The summed E-state index contributed by atoms with van der Waals surface area (Å²) in [5.41, 5.74) is 6.82. The fraction of sp³-hybridized carbons (Fsp3) is 0.300. The van der Waals surface area contributed by atoms with Crippen molar-refractivity contribution in [1.29, 1.82) is 0 Å². The van der Waals surface area contributed by atoms with Gasteiger partial charge in [-0.2, -0.15) is 0 Å². The number of H-pyrrole nitrogens is 1. The number of amides is 1. The van der Waals surface area contributed by atoms with Gasteiger partial charge in [0.25, 0.3) is 5.56 Å². The summed E-state index contributed by atoms with van der Waals surface area (Å²) in [6, 6.07) is 17.5. The normalized spacial score (nSPS) is 11.1. The Hall–Kier alpha value is -3.64. The van der Waals surface area contributed by atoms with Gasteiger partial charge in [0.2, 0.25) is 5.91 Å². The van der Waals surface area contributed by atoms with Gasteiger partial charge in [0.05, 0.1) is 10.9 Å². The highest BCUT2D eigenvalue weighted by molar-refractivity contribution is 6.30. The van der Waals surface area contributed by atoms with Crippen molar-refractivity contribution in [1.82, 2.24) is 14.9 Å². The van der Waals surface area contributed by atoms with Crippen molar-refractivity contribution < 1.29 is 4.79 Å². The van der Waals surface area contributed by atoms with E-state index in [1.807, 2.05) is 36.4 Å². The lowest BCUT2D eigenvalue weighted by Gasteiger charge is -2.12. The molecule has 0 aliphatic carbocycles. The molecule has 1 aromatic heterocycles. The minimum atomic E-state index is -0.458. The minimum Gasteiger partial charge on any atom is -0.356 e. The number of carbonyl (C=O) groups is 1. The first-order valence-corrected chi connectivity index (χ1v) is 12.9. The number of aromatic amines is 1. The van der Waals surface area contributed by atoms with Crippen molar-refractivity contribution in [2.24, 2.45) is 0 Å². The van der Waals surface area contributed by atoms with E-state index in [0.717, 1.165) is 17.5 Å². The predicted molar refractivity (Wildman–Crippen MR) is 150 cm³/mol. The zero-order chi connectivity index (χ0) is 26.5. The standard InChI is InChI=1S/C30H32ClN3O3/c1-19-15-20(2)26(21(3)16-19)17-23-8-11-25-27(18-23)33-30(37)34(29(25)36)14-4-5-28(35)32-13-12-22-6-9-24(31)10-7-22/h6-11,15-16,18H,4-5,12-14,17H2,1-3H3,(H,32,35)(H,33,37). The van der Waals surface area contributed by atoms with E-state index < -0.39 is 5.69 Å². The number of benzene rings is 3. The lowest BCUT2D eigenvalue weighted by Crippen LogP contribution is -2.35. The smallest absolute Gasteiger partial charge is 0.328 e. The van der Waals surface area contributed by atoms with Gasteiger partial charge in [-0.15, -0.1) is 0 Å². The molecule has 6 nitrogen and oxygen atoms in total. The number of halogens is 1. The SMILES string of the molecule is Cc1cc(C)c(Cc2ccc3c(=O)n(CCCC(=O)NCCc4ccc(Cl)cc4)c(=O)[nH]c3c2)c(C)c1. The van der Waals surface area contributed by atoms with Gasteiger partial charge < -0.3 is 10.3 Å². The number of carbonyl (C=O) groups excluding carboxylic acids is 1. The summed E-state index contributed by atoms with van der Waals surface area (Å²) in [5.74, 6) is -0.106. The van der Waals surface area contributed by atoms with Crippen LogP contribution >= 0.6 is 11.6 Å². The Balaban J connectivity index is 1.38. The molecule has 0 radical (unpaired) electrons. The maximum Gasteiger partial charge on any atom is 0.328 e. The van der Waals surface area contributed by atoms with Crippen LogP contribution in [0.2, 0.25) is 5.02 Å². The maximum absolute atomic E-state index is 13.0. The van der Waals surface area contributed by atoms with Gasteiger partial charge in [-0.3, -0.25) is 14.2 Å². The first-order chi connectivity index (χ1) is 17.7. The maximum atomic E-state index is 13.0. The zero-order valence-electron chi connectivity index (χ0n) is 21.5. The van der Waals surface area contributed by atoms with Crippen molar-refractivity contribution in [3.05, 3.63) is 114 Å². The molecule has 3 aromatic carbocycles. The molecule has 1 amide bonds. The van der Waals surface area contributed by atoms with Crippen LogP contribution in [-0.4, -0.2) is 22.0 Å².